The van der Waals surface area contributed by atoms with Crippen molar-refractivity contribution in [1.29, 1.82) is 0 Å². The summed E-state index contributed by atoms with van der Waals surface area (Å²) in [5.41, 5.74) is 3.74. The average Bonchev–Trinajstić information content (AvgIpc) is 2.42. The van der Waals surface area contributed by atoms with Gasteiger partial charge in [0.25, 0.3) is 0 Å². The number of rotatable bonds is 5. The van der Waals surface area contributed by atoms with E-state index in [9.17, 15) is 0 Å². The maximum absolute atomic E-state index is 3.80. The first-order valence-electron chi connectivity index (χ1n) is 8.66. The summed E-state index contributed by atoms with van der Waals surface area (Å²) in [7, 11) is 0. The van der Waals surface area contributed by atoms with Crippen molar-refractivity contribution < 1.29 is 0 Å². The molecule has 1 aliphatic rings. The Morgan fingerprint density at radius 3 is 2.57 bits per heavy atom. The summed E-state index contributed by atoms with van der Waals surface area (Å²) in [4.78, 5) is 0. The number of benzene rings is 1. The predicted molar refractivity (Wildman–Crippen MR) is 92.9 cm³/mol. The highest BCUT2D eigenvalue weighted by molar-refractivity contribution is 5.37. The standard InChI is InChI=1S/C20H33N/c1-16(2)12-14-20(15-21-19(3,4)5)13-8-10-17-9-6-7-11-18(17)20/h6-7,9,11,16,21H,8,10,12-15H2,1-5H3. The number of hydrogen-bond donors (Lipinski definition) is 1. The third-order valence-corrected chi connectivity index (χ3v) is 4.85. The van der Waals surface area contributed by atoms with Gasteiger partial charge < -0.3 is 5.32 Å². The molecule has 1 heteroatoms. The van der Waals surface area contributed by atoms with Gasteiger partial charge >= 0.3 is 0 Å². The summed E-state index contributed by atoms with van der Waals surface area (Å²) in [6, 6.07) is 9.16. The fourth-order valence-electron chi connectivity index (χ4n) is 3.54. The van der Waals surface area contributed by atoms with Crippen LogP contribution >= 0.6 is 0 Å². The Morgan fingerprint density at radius 1 is 1.19 bits per heavy atom. The molecule has 0 bridgehead atoms. The molecule has 0 spiro atoms. The summed E-state index contributed by atoms with van der Waals surface area (Å²) >= 11 is 0. The fraction of sp³-hybridized carbons (Fsp3) is 0.700. The Morgan fingerprint density at radius 2 is 1.90 bits per heavy atom. The van der Waals surface area contributed by atoms with E-state index in [1.165, 1.54) is 32.1 Å². The average molecular weight is 287 g/mol. The van der Waals surface area contributed by atoms with Gasteiger partial charge in [0.1, 0.15) is 0 Å². The Balaban J connectivity index is 2.28. The molecule has 1 N–H and O–H groups in total. The largest absolute Gasteiger partial charge is 0.311 e. The summed E-state index contributed by atoms with van der Waals surface area (Å²) in [6.07, 6.45) is 6.56. The van der Waals surface area contributed by atoms with Gasteiger partial charge in [0.2, 0.25) is 0 Å². The zero-order valence-corrected chi connectivity index (χ0v) is 14.6. The van der Waals surface area contributed by atoms with Crippen LogP contribution in [0, 0.1) is 5.92 Å². The molecular formula is C20H33N. The van der Waals surface area contributed by atoms with Crippen LogP contribution < -0.4 is 5.32 Å². The van der Waals surface area contributed by atoms with Gasteiger partial charge in [-0.05, 0) is 63.5 Å². The van der Waals surface area contributed by atoms with E-state index in [0.717, 1.165) is 12.5 Å². The SMILES string of the molecule is CC(C)CCC1(CNC(C)(C)C)CCCc2ccccc21. The number of fused-ring (bicyclic) bond motifs is 1. The highest BCUT2D eigenvalue weighted by Gasteiger charge is 2.36. The van der Waals surface area contributed by atoms with Crippen LogP contribution in [-0.2, 0) is 11.8 Å². The predicted octanol–water partition coefficient (Wildman–Crippen LogP) is 5.09. The van der Waals surface area contributed by atoms with Crippen molar-refractivity contribution in [2.75, 3.05) is 6.54 Å². The van der Waals surface area contributed by atoms with Crippen molar-refractivity contribution in [2.45, 2.75) is 77.7 Å². The molecular weight excluding hydrogens is 254 g/mol. The lowest BCUT2D eigenvalue weighted by atomic mass is 9.66. The second-order valence-electron chi connectivity index (χ2n) is 8.33. The first-order chi connectivity index (χ1) is 9.82. The van der Waals surface area contributed by atoms with Gasteiger partial charge in [-0.2, -0.15) is 0 Å². The molecule has 0 amide bonds. The van der Waals surface area contributed by atoms with Gasteiger partial charge in [-0.15, -0.1) is 0 Å². The molecule has 0 saturated heterocycles. The lowest BCUT2D eigenvalue weighted by molar-refractivity contribution is 0.265. The van der Waals surface area contributed by atoms with Crippen molar-refractivity contribution >= 4 is 0 Å². The molecule has 0 heterocycles. The van der Waals surface area contributed by atoms with E-state index < -0.39 is 0 Å². The minimum atomic E-state index is 0.192. The molecule has 2 rings (SSSR count). The number of aryl methyl sites for hydroxylation is 1. The Bertz CT molecular complexity index is 455. The van der Waals surface area contributed by atoms with Gasteiger partial charge in [0, 0.05) is 17.5 Å². The number of nitrogens with one attached hydrogen (secondary N) is 1. The van der Waals surface area contributed by atoms with E-state index in [-0.39, 0.29) is 5.54 Å². The van der Waals surface area contributed by atoms with Crippen LogP contribution in [0.2, 0.25) is 0 Å². The minimum Gasteiger partial charge on any atom is -0.311 e. The molecule has 21 heavy (non-hydrogen) atoms. The molecule has 0 radical (unpaired) electrons. The fourth-order valence-corrected chi connectivity index (χ4v) is 3.54. The topological polar surface area (TPSA) is 12.0 Å². The minimum absolute atomic E-state index is 0.192. The third kappa shape index (κ3) is 4.32. The lowest BCUT2D eigenvalue weighted by Gasteiger charge is -2.42. The monoisotopic (exact) mass is 287 g/mol. The molecule has 1 aromatic rings. The Hall–Kier alpha value is -0.820. The van der Waals surface area contributed by atoms with E-state index in [2.05, 4.69) is 64.2 Å². The zero-order chi connectivity index (χ0) is 15.5. The Kier molecular flexibility index (Phi) is 5.14. The highest BCUT2D eigenvalue weighted by Crippen LogP contribution is 2.41. The zero-order valence-electron chi connectivity index (χ0n) is 14.6. The summed E-state index contributed by atoms with van der Waals surface area (Å²) in [5.74, 6) is 0.783. The lowest BCUT2D eigenvalue weighted by Crippen LogP contribution is -2.47. The normalized spacial score (nSPS) is 22.4. The van der Waals surface area contributed by atoms with Crippen LogP contribution in [-0.4, -0.2) is 12.1 Å². The van der Waals surface area contributed by atoms with Crippen LogP contribution in [0.25, 0.3) is 0 Å². The highest BCUT2D eigenvalue weighted by atomic mass is 15.0. The molecule has 1 nitrogen and oxygen atoms in total. The van der Waals surface area contributed by atoms with E-state index in [4.69, 9.17) is 0 Å². The van der Waals surface area contributed by atoms with E-state index in [1.807, 2.05) is 0 Å². The van der Waals surface area contributed by atoms with Gasteiger partial charge in [-0.1, -0.05) is 44.5 Å². The molecule has 0 aromatic heterocycles. The molecule has 0 saturated carbocycles. The first kappa shape index (κ1) is 16.5. The first-order valence-corrected chi connectivity index (χ1v) is 8.66. The van der Waals surface area contributed by atoms with Crippen molar-refractivity contribution in [3.8, 4) is 0 Å². The van der Waals surface area contributed by atoms with Gasteiger partial charge in [0.15, 0.2) is 0 Å². The molecule has 0 fully saturated rings. The second kappa shape index (κ2) is 6.52. The van der Waals surface area contributed by atoms with Crippen molar-refractivity contribution in [2.24, 2.45) is 5.92 Å². The van der Waals surface area contributed by atoms with Gasteiger partial charge in [0.05, 0.1) is 0 Å². The van der Waals surface area contributed by atoms with E-state index in [0.29, 0.717) is 5.41 Å². The molecule has 0 aliphatic heterocycles. The van der Waals surface area contributed by atoms with Crippen molar-refractivity contribution in [3.63, 3.8) is 0 Å². The summed E-state index contributed by atoms with van der Waals surface area (Å²) in [5, 5.41) is 3.80. The summed E-state index contributed by atoms with van der Waals surface area (Å²) in [6.45, 7) is 12.6. The van der Waals surface area contributed by atoms with Crippen LogP contribution in [0.1, 0.15) is 71.4 Å². The number of hydrogen-bond acceptors (Lipinski definition) is 1. The molecule has 118 valence electrons. The van der Waals surface area contributed by atoms with Crippen molar-refractivity contribution in [3.05, 3.63) is 35.4 Å². The maximum atomic E-state index is 3.80. The second-order valence-corrected chi connectivity index (χ2v) is 8.33. The van der Waals surface area contributed by atoms with Gasteiger partial charge in [-0.3, -0.25) is 0 Å². The Labute approximate surface area is 131 Å². The molecule has 1 atom stereocenters. The molecule has 1 unspecified atom stereocenters. The summed E-state index contributed by atoms with van der Waals surface area (Å²) < 4.78 is 0. The van der Waals surface area contributed by atoms with Crippen LogP contribution in [0.3, 0.4) is 0 Å². The van der Waals surface area contributed by atoms with E-state index >= 15 is 0 Å². The smallest absolute Gasteiger partial charge is 0.00968 e. The van der Waals surface area contributed by atoms with Crippen LogP contribution in [0.15, 0.2) is 24.3 Å². The van der Waals surface area contributed by atoms with Crippen molar-refractivity contribution in [1.82, 2.24) is 5.32 Å². The van der Waals surface area contributed by atoms with Gasteiger partial charge in [-0.25, -0.2) is 0 Å². The van der Waals surface area contributed by atoms with E-state index in [1.54, 1.807) is 11.1 Å². The quantitative estimate of drug-likeness (QED) is 0.796. The molecule has 1 aliphatic carbocycles. The third-order valence-electron chi connectivity index (χ3n) is 4.85. The molecule has 1 aromatic carbocycles. The van der Waals surface area contributed by atoms with Crippen LogP contribution in [0.4, 0.5) is 0 Å². The maximum Gasteiger partial charge on any atom is 0.00968 e. The van der Waals surface area contributed by atoms with Crippen LogP contribution in [0.5, 0.6) is 0 Å².